The summed E-state index contributed by atoms with van der Waals surface area (Å²) in [6, 6.07) is 0. The number of aliphatic carboxylic acids is 1. The highest BCUT2D eigenvalue weighted by atomic mass is 16.4. The molecule has 1 unspecified atom stereocenters. The zero-order chi connectivity index (χ0) is 12.1. The Morgan fingerprint density at radius 1 is 1.40 bits per heavy atom. The van der Waals surface area contributed by atoms with Gasteiger partial charge in [0.1, 0.15) is 0 Å². The minimum absolute atomic E-state index is 0.219. The van der Waals surface area contributed by atoms with Gasteiger partial charge in [0.05, 0.1) is 5.92 Å². The van der Waals surface area contributed by atoms with Gasteiger partial charge in [0.2, 0.25) is 0 Å². The molecule has 0 aromatic heterocycles. The van der Waals surface area contributed by atoms with Gasteiger partial charge in [-0.1, -0.05) is 34.6 Å². The SMILES string of the molecule is CCC(CNCC(C)(C)C(C)C)C(=O)O. The van der Waals surface area contributed by atoms with Crippen LogP contribution in [0.1, 0.15) is 41.0 Å². The standard InChI is InChI=1S/C12H25NO2/c1-6-10(11(14)15)7-13-8-12(4,5)9(2)3/h9-10,13H,6-8H2,1-5H3,(H,14,15). The summed E-state index contributed by atoms with van der Waals surface area (Å²) in [4.78, 5) is 10.8. The second-order valence-corrected chi connectivity index (χ2v) is 5.22. The summed E-state index contributed by atoms with van der Waals surface area (Å²) in [5.41, 5.74) is 0.219. The van der Waals surface area contributed by atoms with E-state index in [-0.39, 0.29) is 11.3 Å². The quantitative estimate of drug-likeness (QED) is 0.685. The van der Waals surface area contributed by atoms with E-state index < -0.39 is 5.97 Å². The maximum Gasteiger partial charge on any atom is 0.307 e. The maximum atomic E-state index is 10.8. The van der Waals surface area contributed by atoms with Crippen LogP contribution in [0.5, 0.6) is 0 Å². The second-order valence-electron chi connectivity index (χ2n) is 5.22. The summed E-state index contributed by atoms with van der Waals surface area (Å²) in [6.45, 7) is 12.1. The molecule has 2 N–H and O–H groups in total. The van der Waals surface area contributed by atoms with Gasteiger partial charge in [0.15, 0.2) is 0 Å². The van der Waals surface area contributed by atoms with Gasteiger partial charge in [-0.05, 0) is 17.8 Å². The number of nitrogens with one attached hydrogen (secondary N) is 1. The van der Waals surface area contributed by atoms with E-state index in [1.807, 2.05) is 6.92 Å². The van der Waals surface area contributed by atoms with Crippen LogP contribution in [0.3, 0.4) is 0 Å². The van der Waals surface area contributed by atoms with E-state index in [2.05, 4.69) is 33.0 Å². The van der Waals surface area contributed by atoms with Crippen LogP contribution in [-0.2, 0) is 4.79 Å². The molecular weight excluding hydrogens is 190 g/mol. The molecule has 0 heterocycles. The predicted molar refractivity (Wildman–Crippen MR) is 62.9 cm³/mol. The monoisotopic (exact) mass is 215 g/mol. The molecule has 0 aromatic rings. The van der Waals surface area contributed by atoms with Crippen molar-refractivity contribution in [2.24, 2.45) is 17.3 Å². The number of hydrogen-bond donors (Lipinski definition) is 2. The zero-order valence-corrected chi connectivity index (χ0v) is 10.6. The van der Waals surface area contributed by atoms with Crippen molar-refractivity contribution in [3.05, 3.63) is 0 Å². The van der Waals surface area contributed by atoms with E-state index in [0.29, 0.717) is 18.9 Å². The normalized spacial score (nSPS) is 14.3. The highest BCUT2D eigenvalue weighted by Crippen LogP contribution is 2.24. The van der Waals surface area contributed by atoms with Gasteiger partial charge in [-0.25, -0.2) is 0 Å². The Bertz CT molecular complexity index is 200. The average Bonchev–Trinajstić information content (AvgIpc) is 2.11. The first kappa shape index (κ1) is 14.4. The van der Waals surface area contributed by atoms with Gasteiger partial charge in [0, 0.05) is 13.1 Å². The molecule has 0 aromatic carbocycles. The Morgan fingerprint density at radius 2 is 1.93 bits per heavy atom. The first-order valence-electron chi connectivity index (χ1n) is 5.74. The lowest BCUT2D eigenvalue weighted by atomic mass is 9.81. The van der Waals surface area contributed by atoms with Gasteiger partial charge < -0.3 is 10.4 Å². The molecule has 0 aliphatic carbocycles. The largest absolute Gasteiger partial charge is 0.481 e. The molecule has 15 heavy (non-hydrogen) atoms. The molecule has 0 radical (unpaired) electrons. The van der Waals surface area contributed by atoms with Crippen LogP contribution in [0.15, 0.2) is 0 Å². The molecule has 1 atom stereocenters. The van der Waals surface area contributed by atoms with Crippen molar-refractivity contribution in [1.29, 1.82) is 0 Å². The number of rotatable bonds is 7. The maximum absolute atomic E-state index is 10.8. The Morgan fingerprint density at radius 3 is 2.27 bits per heavy atom. The van der Waals surface area contributed by atoms with Crippen molar-refractivity contribution in [2.75, 3.05) is 13.1 Å². The summed E-state index contributed by atoms with van der Waals surface area (Å²) >= 11 is 0. The number of carboxylic acid groups (broad SMARTS) is 1. The van der Waals surface area contributed by atoms with E-state index >= 15 is 0 Å². The molecule has 0 rings (SSSR count). The molecule has 0 saturated heterocycles. The van der Waals surface area contributed by atoms with Gasteiger partial charge in [-0.15, -0.1) is 0 Å². The van der Waals surface area contributed by atoms with E-state index in [9.17, 15) is 4.79 Å². The minimum atomic E-state index is -0.702. The molecule has 0 aliphatic rings. The fourth-order valence-corrected chi connectivity index (χ4v) is 1.18. The first-order valence-corrected chi connectivity index (χ1v) is 5.74. The van der Waals surface area contributed by atoms with Crippen molar-refractivity contribution < 1.29 is 9.90 Å². The molecule has 0 amide bonds. The molecule has 0 spiro atoms. The smallest absolute Gasteiger partial charge is 0.307 e. The van der Waals surface area contributed by atoms with E-state index in [4.69, 9.17) is 5.11 Å². The predicted octanol–water partition coefficient (Wildman–Crippen LogP) is 2.37. The van der Waals surface area contributed by atoms with Gasteiger partial charge in [0.25, 0.3) is 0 Å². The van der Waals surface area contributed by atoms with Crippen molar-refractivity contribution in [3.8, 4) is 0 Å². The van der Waals surface area contributed by atoms with Crippen molar-refractivity contribution in [2.45, 2.75) is 41.0 Å². The van der Waals surface area contributed by atoms with Crippen LogP contribution in [-0.4, -0.2) is 24.2 Å². The van der Waals surface area contributed by atoms with Gasteiger partial charge >= 0.3 is 5.97 Å². The zero-order valence-electron chi connectivity index (χ0n) is 10.6. The second kappa shape index (κ2) is 6.11. The molecule has 0 fully saturated rings. The summed E-state index contributed by atoms with van der Waals surface area (Å²) in [7, 11) is 0. The Hall–Kier alpha value is -0.570. The van der Waals surface area contributed by atoms with Gasteiger partial charge in [-0.2, -0.15) is 0 Å². The molecular formula is C12H25NO2. The van der Waals surface area contributed by atoms with Crippen molar-refractivity contribution in [3.63, 3.8) is 0 Å². The van der Waals surface area contributed by atoms with Crippen LogP contribution in [0.25, 0.3) is 0 Å². The molecule has 90 valence electrons. The lowest BCUT2D eigenvalue weighted by Crippen LogP contribution is -2.37. The first-order chi connectivity index (χ1) is 6.81. The Kier molecular flexibility index (Phi) is 5.88. The molecule has 3 nitrogen and oxygen atoms in total. The Balaban J connectivity index is 3.92. The van der Waals surface area contributed by atoms with Crippen LogP contribution < -0.4 is 5.32 Å². The lowest BCUT2D eigenvalue weighted by molar-refractivity contribution is -0.141. The van der Waals surface area contributed by atoms with Crippen LogP contribution in [0, 0.1) is 17.3 Å². The number of carbonyl (C=O) groups is 1. The van der Waals surface area contributed by atoms with Crippen LogP contribution in [0.4, 0.5) is 0 Å². The molecule has 0 saturated carbocycles. The number of hydrogen-bond acceptors (Lipinski definition) is 2. The summed E-state index contributed by atoms with van der Waals surface area (Å²) in [5.74, 6) is -0.366. The Labute approximate surface area is 93.3 Å². The summed E-state index contributed by atoms with van der Waals surface area (Å²) in [6.07, 6.45) is 0.685. The third-order valence-electron chi connectivity index (χ3n) is 3.38. The summed E-state index contributed by atoms with van der Waals surface area (Å²) in [5, 5.41) is 12.1. The van der Waals surface area contributed by atoms with Gasteiger partial charge in [-0.3, -0.25) is 4.79 Å². The average molecular weight is 215 g/mol. The summed E-state index contributed by atoms with van der Waals surface area (Å²) < 4.78 is 0. The minimum Gasteiger partial charge on any atom is -0.481 e. The highest BCUT2D eigenvalue weighted by molar-refractivity contribution is 5.70. The third-order valence-corrected chi connectivity index (χ3v) is 3.38. The highest BCUT2D eigenvalue weighted by Gasteiger charge is 2.23. The van der Waals surface area contributed by atoms with Crippen LogP contribution >= 0.6 is 0 Å². The third kappa shape index (κ3) is 5.17. The fraction of sp³-hybridized carbons (Fsp3) is 0.917. The fourth-order valence-electron chi connectivity index (χ4n) is 1.18. The molecule has 0 bridgehead atoms. The number of carboxylic acids is 1. The van der Waals surface area contributed by atoms with Crippen molar-refractivity contribution in [1.82, 2.24) is 5.32 Å². The van der Waals surface area contributed by atoms with Crippen molar-refractivity contribution >= 4 is 5.97 Å². The molecule has 3 heteroatoms. The lowest BCUT2D eigenvalue weighted by Gasteiger charge is -2.30. The van der Waals surface area contributed by atoms with Crippen LogP contribution in [0.2, 0.25) is 0 Å². The van der Waals surface area contributed by atoms with E-state index in [1.165, 1.54) is 0 Å². The van der Waals surface area contributed by atoms with E-state index in [1.54, 1.807) is 0 Å². The molecule has 0 aliphatic heterocycles. The topological polar surface area (TPSA) is 49.3 Å². The van der Waals surface area contributed by atoms with E-state index in [0.717, 1.165) is 6.54 Å².